The molecule has 0 radical (unpaired) electrons. The van der Waals surface area contributed by atoms with E-state index in [0.29, 0.717) is 0 Å². The summed E-state index contributed by atoms with van der Waals surface area (Å²) in [7, 11) is 0. The van der Waals surface area contributed by atoms with Gasteiger partial charge in [0.05, 0.1) is 6.54 Å². The van der Waals surface area contributed by atoms with Crippen molar-refractivity contribution in [1.29, 1.82) is 0 Å². The van der Waals surface area contributed by atoms with Crippen LogP contribution in [0.15, 0.2) is 4.99 Å². The Kier molecular flexibility index (Phi) is 2.91. The van der Waals surface area contributed by atoms with Gasteiger partial charge in [-0.25, -0.2) is 0 Å². The van der Waals surface area contributed by atoms with E-state index in [4.69, 9.17) is 0 Å². The molecular formula is C12H20N2S. The van der Waals surface area contributed by atoms with E-state index < -0.39 is 0 Å². The fourth-order valence-electron chi connectivity index (χ4n) is 3.36. The van der Waals surface area contributed by atoms with Gasteiger partial charge >= 0.3 is 0 Å². The molecule has 2 heterocycles. The predicted octanol–water partition coefficient (Wildman–Crippen LogP) is 2.74. The summed E-state index contributed by atoms with van der Waals surface area (Å²) in [6, 6.07) is 0.844. The highest BCUT2D eigenvalue weighted by Crippen LogP contribution is 2.37. The molecule has 3 rings (SSSR count). The van der Waals surface area contributed by atoms with Gasteiger partial charge in [-0.3, -0.25) is 4.99 Å². The van der Waals surface area contributed by atoms with Gasteiger partial charge in [-0.15, -0.1) is 0 Å². The van der Waals surface area contributed by atoms with E-state index in [2.05, 4.69) is 9.89 Å². The second kappa shape index (κ2) is 4.36. The Morgan fingerprint density at radius 2 is 2.00 bits per heavy atom. The van der Waals surface area contributed by atoms with Crippen molar-refractivity contribution < 1.29 is 0 Å². The summed E-state index contributed by atoms with van der Waals surface area (Å²) < 4.78 is 0. The largest absolute Gasteiger partial charge is 0.348 e. The Bertz CT molecular complexity index is 262. The molecule has 3 aliphatic rings. The molecule has 15 heavy (non-hydrogen) atoms. The first-order valence-corrected chi connectivity index (χ1v) is 7.37. The maximum Gasteiger partial charge on any atom is 0.159 e. The van der Waals surface area contributed by atoms with Crippen LogP contribution in [0.5, 0.6) is 0 Å². The zero-order chi connectivity index (χ0) is 10.1. The number of rotatable bonds is 0. The highest BCUT2D eigenvalue weighted by molar-refractivity contribution is 8.14. The number of hydrogen-bond donors (Lipinski definition) is 0. The van der Waals surface area contributed by atoms with Gasteiger partial charge in [0.15, 0.2) is 5.17 Å². The van der Waals surface area contributed by atoms with Crippen LogP contribution in [0, 0.1) is 5.92 Å². The minimum atomic E-state index is 0.844. The first-order valence-electron chi connectivity index (χ1n) is 6.39. The van der Waals surface area contributed by atoms with Crippen molar-refractivity contribution in [3.63, 3.8) is 0 Å². The average Bonchev–Trinajstić information content (AvgIpc) is 2.82. The van der Waals surface area contributed by atoms with E-state index in [0.717, 1.165) is 18.5 Å². The van der Waals surface area contributed by atoms with Gasteiger partial charge in [0, 0.05) is 18.3 Å². The molecule has 2 nitrogen and oxygen atoms in total. The molecule has 0 amide bonds. The topological polar surface area (TPSA) is 15.6 Å². The van der Waals surface area contributed by atoms with Crippen molar-refractivity contribution in [2.24, 2.45) is 10.9 Å². The van der Waals surface area contributed by atoms with Crippen molar-refractivity contribution in [2.45, 2.75) is 44.6 Å². The molecule has 2 unspecified atom stereocenters. The molecule has 0 aromatic rings. The third-order valence-electron chi connectivity index (χ3n) is 4.06. The fraction of sp³-hybridized carbons (Fsp3) is 0.917. The van der Waals surface area contributed by atoms with E-state index in [1.807, 2.05) is 11.8 Å². The van der Waals surface area contributed by atoms with Crippen molar-refractivity contribution >= 4 is 16.9 Å². The Balaban J connectivity index is 1.75. The fourth-order valence-corrected chi connectivity index (χ4v) is 4.30. The standard InChI is InChI=1S/C12H20N2S/c1-2-6-11-10(4-1)5-3-8-14(11)12-13-7-9-15-12/h10-11H,1-9H2. The average molecular weight is 224 g/mol. The van der Waals surface area contributed by atoms with Crippen LogP contribution < -0.4 is 0 Å². The van der Waals surface area contributed by atoms with E-state index in [1.54, 1.807) is 0 Å². The molecule has 0 spiro atoms. The Labute approximate surface area is 96.5 Å². The summed E-state index contributed by atoms with van der Waals surface area (Å²) in [6.07, 6.45) is 8.66. The van der Waals surface area contributed by atoms with Crippen molar-refractivity contribution in [1.82, 2.24) is 4.90 Å². The van der Waals surface area contributed by atoms with Crippen LogP contribution in [-0.4, -0.2) is 35.0 Å². The minimum Gasteiger partial charge on any atom is -0.348 e. The van der Waals surface area contributed by atoms with Crippen molar-refractivity contribution in [3.8, 4) is 0 Å². The summed E-state index contributed by atoms with van der Waals surface area (Å²) >= 11 is 1.98. The summed E-state index contributed by atoms with van der Waals surface area (Å²) in [5.74, 6) is 2.19. The Morgan fingerprint density at radius 1 is 1.13 bits per heavy atom. The monoisotopic (exact) mass is 224 g/mol. The molecule has 2 aliphatic heterocycles. The lowest BCUT2D eigenvalue weighted by Crippen LogP contribution is -2.48. The first kappa shape index (κ1) is 10.0. The molecule has 3 heteroatoms. The highest BCUT2D eigenvalue weighted by atomic mass is 32.2. The minimum absolute atomic E-state index is 0.844. The lowest BCUT2D eigenvalue weighted by molar-refractivity contribution is 0.122. The lowest BCUT2D eigenvalue weighted by Gasteiger charge is -2.44. The van der Waals surface area contributed by atoms with Crippen LogP contribution >= 0.6 is 11.8 Å². The Hall–Kier alpha value is -0.180. The molecule has 84 valence electrons. The molecule has 1 aliphatic carbocycles. The van der Waals surface area contributed by atoms with Gasteiger partial charge in [0.25, 0.3) is 0 Å². The van der Waals surface area contributed by atoms with E-state index in [-0.39, 0.29) is 0 Å². The van der Waals surface area contributed by atoms with Gasteiger partial charge in [0.1, 0.15) is 0 Å². The lowest BCUT2D eigenvalue weighted by atomic mass is 9.78. The second-order valence-electron chi connectivity index (χ2n) is 4.96. The van der Waals surface area contributed by atoms with E-state index in [1.165, 1.54) is 56.0 Å². The molecule has 2 fully saturated rings. The molecule has 1 saturated heterocycles. The van der Waals surface area contributed by atoms with E-state index in [9.17, 15) is 0 Å². The summed E-state index contributed by atoms with van der Waals surface area (Å²) in [4.78, 5) is 7.30. The number of nitrogens with zero attached hydrogens (tertiary/aromatic N) is 2. The van der Waals surface area contributed by atoms with E-state index >= 15 is 0 Å². The third kappa shape index (κ3) is 1.91. The number of likely N-dealkylation sites (tertiary alicyclic amines) is 1. The summed E-state index contributed by atoms with van der Waals surface area (Å²) in [5, 5.41) is 1.37. The summed E-state index contributed by atoms with van der Waals surface area (Å²) in [6.45, 7) is 2.32. The SMILES string of the molecule is C1CCC2C(C1)CCCN2C1=NCCS1. The molecule has 0 aromatic carbocycles. The molecule has 0 bridgehead atoms. The molecule has 0 N–H and O–H groups in total. The maximum atomic E-state index is 4.66. The molecule has 1 saturated carbocycles. The van der Waals surface area contributed by atoms with Crippen molar-refractivity contribution in [2.75, 3.05) is 18.8 Å². The van der Waals surface area contributed by atoms with Crippen LogP contribution in [-0.2, 0) is 0 Å². The quantitative estimate of drug-likeness (QED) is 0.629. The molecular weight excluding hydrogens is 204 g/mol. The number of piperidine rings is 1. The van der Waals surface area contributed by atoms with Crippen LogP contribution in [0.3, 0.4) is 0 Å². The third-order valence-corrected chi connectivity index (χ3v) is 5.07. The first-order chi connectivity index (χ1) is 7.45. The normalized spacial score (nSPS) is 36.3. The zero-order valence-corrected chi connectivity index (χ0v) is 10.1. The number of amidine groups is 1. The number of hydrogen-bond acceptors (Lipinski definition) is 3. The van der Waals surface area contributed by atoms with Gasteiger partial charge in [0.2, 0.25) is 0 Å². The van der Waals surface area contributed by atoms with Gasteiger partial charge in [-0.2, -0.15) is 0 Å². The van der Waals surface area contributed by atoms with Crippen LogP contribution in [0.25, 0.3) is 0 Å². The van der Waals surface area contributed by atoms with Gasteiger partial charge in [-0.05, 0) is 31.6 Å². The molecule has 0 aromatic heterocycles. The van der Waals surface area contributed by atoms with Gasteiger partial charge < -0.3 is 4.90 Å². The van der Waals surface area contributed by atoms with Crippen LogP contribution in [0.4, 0.5) is 0 Å². The molecule has 2 atom stereocenters. The second-order valence-corrected chi connectivity index (χ2v) is 6.02. The Morgan fingerprint density at radius 3 is 2.87 bits per heavy atom. The maximum absolute atomic E-state index is 4.66. The van der Waals surface area contributed by atoms with Crippen LogP contribution in [0.1, 0.15) is 38.5 Å². The number of thioether (sulfide) groups is 1. The highest BCUT2D eigenvalue weighted by Gasteiger charge is 2.35. The zero-order valence-electron chi connectivity index (χ0n) is 9.32. The summed E-state index contributed by atoms with van der Waals surface area (Å²) in [5.41, 5.74) is 0. The number of fused-ring (bicyclic) bond motifs is 1. The van der Waals surface area contributed by atoms with Crippen molar-refractivity contribution in [3.05, 3.63) is 0 Å². The number of aliphatic imine (C=N–C) groups is 1. The van der Waals surface area contributed by atoms with Gasteiger partial charge in [-0.1, -0.05) is 24.6 Å². The van der Waals surface area contributed by atoms with Crippen LogP contribution in [0.2, 0.25) is 0 Å². The predicted molar refractivity (Wildman–Crippen MR) is 66.4 cm³/mol. The smallest absolute Gasteiger partial charge is 0.159 e.